The van der Waals surface area contributed by atoms with E-state index in [-0.39, 0.29) is 11.9 Å². The van der Waals surface area contributed by atoms with Crippen LogP contribution in [0, 0.1) is 5.41 Å². The maximum atomic E-state index is 13.2. The largest absolute Gasteiger partial charge is 0.493 e. The Hall–Kier alpha value is -2.08. The maximum Gasteiger partial charge on any atom is 0.254 e. The lowest BCUT2D eigenvalue weighted by Gasteiger charge is -2.30. The Kier molecular flexibility index (Phi) is 4.99. The Bertz CT molecular complexity index is 682. The molecular formula is C19H27N3O3. The summed E-state index contributed by atoms with van der Waals surface area (Å²) in [6, 6.07) is 5.90. The first-order chi connectivity index (χ1) is 12.0. The van der Waals surface area contributed by atoms with Crippen LogP contribution in [-0.4, -0.2) is 50.0 Å². The first-order valence-corrected chi connectivity index (χ1v) is 8.91. The zero-order chi connectivity index (χ0) is 18.0. The molecule has 1 N–H and O–H groups in total. The molecule has 1 unspecified atom stereocenters. The first kappa shape index (κ1) is 17.7. The number of carbonyl (C=O) groups excluding carboxylic acids is 1. The van der Waals surface area contributed by atoms with Gasteiger partial charge in [-0.15, -0.1) is 0 Å². The van der Waals surface area contributed by atoms with Crippen molar-refractivity contribution in [2.45, 2.75) is 39.2 Å². The number of nitrogens with zero attached hydrogens (tertiary/aromatic N) is 2. The van der Waals surface area contributed by atoms with Gasteiger partial charge < -0.3 is 14.8 Å². The van der Waals surface area contributed by atoms with Gasteiger partial charge in [-0.3, -0.25) is 4.79 Å². The van der Waals surface area contributed by atoms with Gasteiger partial charge in [-0.2, -0.15) is 5.10 Å². The van der Waals surface area contributed by atoms with E-state index in [0.29, 0.717) is 17.9 Å². The minimum absolute atomic E-state index is 0.103. The monoisotopic (exact) mass is 345 g/mol. The van der Waals surface area contributed by atoms with Gasteiger partial charge in [-0.05, 0) is 57.5 Å². The summed E-state index contributed by atoms with van der Waals surface area (Å²) in [7, 11) is 3.23. The topological polar surface area (TPSA) is 63.2 Å². The van der Waals surface area contributed by atoms with Crippen molar-refractivity contribution in [1.29, 1.82) is 0 Å². The second-order valence-electron chi connectivity index (χ2n) is 6.83. The van der Waals surface area contributed by atoms with Crippen molar-refractivity contribution in [1.82, 2.24) is 10.3 Å². The molecular weight excluding hydrogens is 318 g/mol. The Morgan fingerprint density at radius 3 is 2.52 bits per heavy atom. The number of amides is 1. The second-order valence-corrected chi connectivity index (χ2v) is 6.83. The van der Waals surface area contributed by atoms with Crippen molar-refractivity contribution in [3.63, 3.8) is 0 Å². The number of hydrogen-bond donors (Lipinski definition) is 1. The van der Waals surface area contributed by atoms with E-state index in [1.807, 2.05) is 32.0 Å². The van der Waals surface area contributed by atoms with Crippen LogP contribution in [0.3, 0.4) is 0 Å². The second kappa shape index (κ2) is 7.04. The standard InChI is InChI=1S/C19H27N3O3/c1-5-19(2)17(13-6-7-15(24-3)16(12-13)25-4)21-22(18(19)23)14-8-10-20-11-9-14/h6-7,12,14,20H,5,8-11H2,1-4H3. The molecule has 136 valence electrons. The van der Waals surface area contributed by atoms with Crippen LogP contribution in [0.25, 0.3) is 0 Å². The molecule has 1 saturated heterocycles. The number of benzene rings is 1. The highest BCUT2D eigenvalue weighted by atomic mass is 16.5. The lowest BCUT2D eigenvalue weighted by atomic mass is 9.79. The van der Waals surface area contributed by atoms with Gasteiger partial charge in [-0.25, -0.2) is 5.01 Å². The van der Waals surface area contributed by atoms with Crippen LogP contribution in [0.4, 0.5) is 0 Å². The average molecular weight is 345 g/mol. The van der Waals surface area contributed by atoms with Gasteiger partial charge in [0.15, 0.2) is 11.5 Å². The fraction of sp³-hybridized carbons (Fsp3) is 0.579. The fourth-order valence-electron chi connectivity index (χ4n) is 3.59. The number of ether oxygens (including phenoxy) is 2. The van der Waals surface area contributed by atoms with E-state index in [1.54, 1.807) is 19.2 Å². The third-order valence-electron chi connectivity index (χ3n) is 5.43. The van der Waals surface area contributed by atoms with Gasteiger partial charge in [0.2, 0.25) is 0 Å². The van der Waals surface area contributed by atoms with Gasteiger partial charge in [0, 0.05) is 5.56 Å². The molecule has 0 radical (unpaired) electrons. The number of rotatable bonds is 5. The van der Waals surface area contributed by atoms with Crippen molar-refractivity contribution in [2.24, 2.45) is 10.5 Å². The summed E-state index contributed by atoms with van der Waals surface area (Å²) in [6.45, 7) is 5.89. The SMILES string of the molecule is CCC1(C)C(=O)N(C2CCNCC2)N=C1c1ccc(OC)c(OC)c1. The molecule has 1 amide bonds. The molecule has 0 bridgehead atoms. The summed E-state index contributed by atoms with van der Waals surface area (Å²) < 4.78 is 10.7. The summed E-state index contributed by atoms with van der Waals surface area (Å²) in [5.41, 5.74) is 1.12. The maximum absolute atomic E-state index is 13.2. The quantitative estimate of drug-likeness (QED) is 0.890. The fourth-order valence-corrected chi connectivity index (χ4v) is 3.59. The molecule has 1 atom stereocenters. The van der Waals surface area contributed by atoms with Gasteiger partial charge in [0.1, 0.15) is 0 Å². The van der Waals surface area contributed by atoms with E-state index < -0.39 is 5.41 Å². The van der Waals surface area contributed by atoms with Gasteiger partial charge in [0.25, 0.3) is 5.91 Å². The molecule has 2 aliphatic heterocycles. The lowest BCUT2D eigenvalue weighted by Crippen LogP contribution is -2.45. The number of hydrogen-bond acceptors (Lipinski definition) is 5. The summed E-state index contributed by atoms with van der Waals surface area (Å²) in [4.78, 5) is 13.2. The van der Waals surface area contributed by atoms with E-state index in [2.05, 4.69) is 5.32 Å². The number of nitrogens with one attached hydrogen (secondary N) is 1. The number of hydrazone groups is 1. The van der Waals surface area contributed by atoms with Gasteiger partial charge in [0.05, 0.1) is 31.4 Å². The van der Waals surface area contributed by atoms with E-state index >= 15 is 0 Å². The molecule has 2 aliphatic rings. The molecule has 3 rings (SSSR count). The molecule has 0 spiro atoms. The number of methoxy groups -OCH3 is 2. The molecule has 2 heterocycles. The van der Waals surface area contributed by atoms with Crippen molar-refractivity contribution in [3.8, 4) is 11.5 Å². The molecule has 0 aromatic heterocycles. The molecule has 1 aromatic carbocycles. The summed E-state index contributed by atoms with van der Waals surface area (Å²) in [5.74, 6) is 1.42. The summed E-state index contributed by atoms with van der Waals surface area (Å²) in [5, 5.41) is 9.87. The number of piperidine rings is 1. The predicted molar refractivity (Wildman–Crippen MR) is 97.2 cm³/mol. The minimum Gasteiger partial charge on any atom is -0.493 e. The highest BCUT2D eigenvalue weighted by Gasteiger charge is 2.48. The average Bonchev–Trinajstić information content (AvgIpc) is 2.94. The summed E-state index contributed by atoms with van der Waals surface area (Å²) in [6.07, 6.45) is 2.59. The van der Waals surface area contributed by atoms with Gasteiger partial charge >= 0.3 is 0 Å². The van der Waals surface area contributed by atoms with Crippen molar-refractivity contribution in [2.75, 3.05) is 27.3 Å². The normalized spacial score (nSPS) is 24.4. The highest BCUT2D eigenvalue weighted by molar-refractivity contribution is 6.19. The zero-order valence-corrected chi connectivity index (χ0v) is 15.5. The molecule has 6 heteroatoms. The lowest BCUT2D eigenvalue weighted by molar-refractivity contribution is -0.138. The van der Waals surface area contributed by atoms with Crippen molar-refractivity contribution in [3.05, 3.63) is 23.8 Å². The summed E-state index contributed by atoms with van der Waals surface area (Å²) >= 11 is 0. The number of carbonyl (C=O) groups is 1. The first-order valence-electron chi connectivity index (χ1n) is 8.91. The Morgan fingerprint density at radius 2 is 1.92 bits per heavy atom. The van der Waals surface area contributed by atoms with Crippen LogP contribution in [-0.2, 0) is 4.79 Å². The van der Waals surface area contributed by atoms with Gasteiger partial charge in [-0.1, -0.05) is 6.92 Å². The molecule has 1 fully saturated rings. The minimum atomic E-state index is -0.607. The third-order valence-corrected chi connectivity index (χ3v) is 5.43. The molecule has 25 heavy (non-hydrogen) atoms. The van der Waals surface area contributed by atoms with Crippen LogP contribution >= 0.6 is 0 Å². The van der Waals surface area contributed by atoms with E-state index in [4.69, 9.17) is 14.6 Å². The molecule has 0 saturated carbocycles. The van der Waals surface area contributed by atoms with E-state index in [0.717, 1.165) is 37.2 Å². The van der Waals surface area contributed by atoms with Crippen LogP contribution in [0.2, 0.25) is 0 Å². The molecule has 0 aliphatic carbocycles. The highest BCUT2D eigenvalue weighted by Crippen LogP contribution is 2.39. The van der Waals surface area contributed by atoms with Crippen molar-refractivity contribution >= 4 is 11.6 Å². The third kappa shape index (κ3) is 2.99. The Morgan fingerprint density at radius 1 is 1.24 bits per heavy atom. The Labute approximate surface area is 149 Å². The Balaban J connectivity index is 2.00. The van der Waals surface area contributed by atoms with Crippen LogP contribution in [0.1, 0.15) is 38.7 Å². The predicted octanol–water partition coefficient (Wildman–Crippen LogP) is 2.42. The van der Waals surface area contributed by atoms with E-state index in [1.165, 1.54) is 0 Å². The smallest absolute Gasteiger partial charge is 0.254 e. The van der Waals surface area contributed by atoms with Crippen LogP contribution in [0.15, 0.2) is 23.3 Å². The van der Waals surface area contributed by atoms with E-state index in [9.17, 15) is 4.79 Å². The zero-order valence-electron chi connectivity index (χ0n) is 15.5. The molecule has 6 nitrogen and oxygen atoms in total. The molecule has 1 aromatic rings. The van der Waals surface area contributed by atoms with Crippen LogP contribution in [0.5, 0.6) is 11.5 Å². The van der Waals surface area contributed by atoms with Crippen LogP contribution < -0.4 is 14.8 Å². The van der Waals surface area contributed by atoms with Crippen molar-refractivity contribution < 1.29 is 14.3 Å².